The molecule has 1 aliphatic rings. The predicted molar refractivity (Wildman–Crippen MR) is 154 cm³/mol. The highest BCUT2D eigenvalue weighted by Gasteiger charge is 2.56. The molecule has 0 bridgehead atoms. The number of amides is 3. The number of hydrogen-bond donors (Lipinski definition) is 3. The van der Waals surface area contributed by atoms with Gasteiger partial charge in [-0.05, 0) is 68.7 Å². The van der Waals surface area contributed by atoms with Gasteiger partial charge < -0.3 is 20.1 Å². The van der Waals surface area contributed by atoms with Crippen molar-refractivity contribution in [2.24, 2.45) is 0 Å². The molecule has 0 aromatic heterocycles. The molecule has 0 radical (unpaired) electrons. The number of carboxylic acid groups (broad SMARTS) is 1. The maximum Gasteiger partial charge on any atom is 0.521 e. The first-order valence-electron chi connectivity index (χ1n) is 14.4. The van der Waals surface area contributed by atoms with Gasteiger partial charge in [0.1, 0.15) is 18.5 Å². The minimum atomic E-state index is -4.23. The Labute approximate surface area is 245 Å². The highest BCUT2D eigenvalue weighted by Crippen LogP contribution is 2.46. The second-order valence-corrected chi connectivity index (χ2v) is 12.7. The highest BCUT2D eigenvalue weighted by atomic mass is 31.2. The minimum absolute atomic E-state index is 0.0275. The van der Waals surface area contributed by atoms with Gasteiger partial charge in [0, 0.05) is 19.4 Å². The Bertz CT molecular complexity index is 1230. The average Bonchev–Trinajstić information content (AvgIpc) is 3.36. The number of aryl methyl sites for hydroxylation is 1. The van der Waals surface area contributed by atoms with Gasteiger partial charge in [0.25, 0.3) is 0 Å². The number of ether oxygens (including phenoxy) is 1. The van der Waals surface area contributed by atoms with E-state index in [9.17, 15) is 33.3 Å². The van der Waals surface area contributed by atoms with Gasteiger partial charge in [-0.2, -0.15) is 9.28 Å². The standard InChI is InChI=1S/C30H40FN2O8P/c1-23-10-9-20-33(23,30(36)37)28(34)27(14-5-7-19-32-29(35)40-22-25-12-3-2-4-13-25)41-42(38,39)21-8-6-11-24-15-17-26(31)18-16-24/h2-4,12-13,15-18,23,27H,5-11,14,19-22H2,1H3,(H2-,32,35,36,37,38,39)/p+1/t23-,27+,33?/m1/s1. The van der Waals surface area contributed by atoms with Crippen LogP contribution in [0.5, 0.6) is 0 Å². The number of carbonyl (C=O) groups excluding carboxylic acids is 2. The lowest BCUT2D eigenvalue weighted by molar-refractivity contribution is -0.794. The third-order valence-corrected chi connectivity index (χ3v) is 9.10. The summed E-state index contributed by atoms with van der Waals surface area (Å²) in [5.74, 6) is -1.07. The molecule has 1 heterocycles. The van der Waals surface area contributed by atoms with Crippen LogP contribution in [0.3, 0.4) is 0 Å². The number of nitrogens with one attached hydrogen (secondary N) is 1. The molecule has 0 saturated carbocycles. The largest absolute Gasteiger partial charge is 0.521 e. The van der Waals surface area contributed by atoms with Crippen molar-refractivity contribution in [3.8, 4) is 0 Å². The molecular weight excluding hydrogens is 566 g/mol. The van der Waals surface area contributed by atoms with Gasteiger partial charge in [0.05, 0.1) is 12.7 Å². The molecule has 10 nitrogen and oxygen atoms in total. The van der Waals surface area contributed by atoms with E-state index in [1.165, 1.54) is 12.1 Å². The summed E-state index contributed by atoms with van der Waals surface area (Å²) >= 11 is 0. The van der Waals surface area contributed by atoms with E-state index in [2.05, 4.69) is 5.32 Å². The molecule has 0 aliphatic carbocycles. The van der Waals surface area contributed by atoms with Crippen molar-refractivity contribution >= 4 is 25.7 Å². The Balaban J connectivity index is 1.54. The van der Waals surface area contributed by atoms with Crippen LogP contribution in [0.15, 0.2) is 54.6 Å². The van der Waals surface area contributed by atoms with Crippen molar-refractivity contribution in [3.63, 3.8) is 0 Å². The van der Waals surface area contributed by atoms with Crippen molar-refractivity contribution < 1.29 is 47.1 Å². The fourth-order valence-corrected chi connectivity index (χ4v) is 6.55. The van der Waals surface area contributed by atoms with Crippen LogP contribution in [-0.4, -0.2) is 64.0 Å². The van der Waals surface area contributed by atoms with E-state index in [1.807, 2.05) is 30.3 Å². The third kappa shape index (κ3) is 9.73. The number of likely N-dealkylation sites (tertiary alicyclic amines) is 1. The predicted octanol–water partition coefficient (Wildman–Crippen LogP) is 6.02. The van der Waals surface area contributed by atoms with E-state index in [4.69, 9.17) is 9.26 Å². The molecule has 42 heavy (non-hydrogen) atoms. The van der Waals surface area contributed by atoms with Crippen LogP contribution in [0.4, 0.5) is 14.0 Å². The van der Waals surface area contributed by atoms with E-state index in [0.717, 1.165) is 11.1 Å². The van der Waals surface area contributed by atoms with Gasteiger partial charge in [-0.1, -0.05) is 42.5 Å². The zero-order valence-electron chi connectivity index (χ0n) is 24.0. The third-order valence-electron chi connectivity index (χ3n) is 7.63. The number of halogens is 1. The van der Waals surface area contributed by atoms with Crippen molar-refractivity contribution in [3.05, 3.63) is 71.5 Å². The molecule has 2 unspecified atom stereocenters. The number of nitrogens with zero attached hydrogens (tertiary/aromatic N) is 1. The summed E-state index contributed by atoms with van der Waals surface area (Å²) in [6.07, 6.45) is -0.141. The molecule has 3 amide bonds. The Hall–Kier alpha value is -3.11. The number of imide groups is 1. The quantitative estimate of drug-likeness (QED) is 0.127. The average molecular weight is 608 g/mol. The second-order valence-electron chi connectivity index (χ2n) is 10.7. The molecule has 3 rings (SSSR count). The molecule has 1 aliphatic heterocycles. The summed E-state index contributed by atoms with van der Waals surface area (Å²) in [7, 11) is -4.23. The molecule has 0 spiro atoms. The van der Waals surface area contributed by atoms with Crippen molar-refractivity contribution in [1.82, 2.24) is 5.32 Å². The summed E-state index contributed by atoms with van der Waals surface area (Å²) in [6, 6.07) is 14.8. The Morgan fingerprint density at radius 1 is 1.05 bits per heavy atom. The molecule has 1 saturated heterocycles. The fourth-order valence-electron chi connectivity index (χ4n) is 5.22. The summed E-state index contributed by atoms with van der Waals surface area (Å²) in [6.45, 7) is 2.15. The zero-order valence-corrected chi connectivity index (χ0v) is 24.8. The topological polar surface area (TPSA) is 139 Å². The first-order valence-corrected chi connectivity index (χ1v) is 16.1. The van der Waals surface area contributed by atoms with Crippen LogP contribution in [-0.2, 0) is 31.6 Å². The van der Waals surface area contributed by atoms with E-state index >= 15 is 0 Å². The minimum Gasteiger partial charge on any atom is -0.445 e. The number of quaternary nitrogens is 1. The lowest BCUT2D eigenvalue weighted by Crippen LogP contribution is -2.62. The fraction of sp³-hybridized carbons (Fsp3) is 0.500. The number of rotatable bonds is 15. The van der Waals surface area contributed by atoms with E-state index in [0.29, 0.717) is 44.9 Å². The lowest BCUT2D eigenvalue weighted by atomic mass is 10.1. The number of benzene rings is 2. The van der Waals surface area contributed by atoms with Crippen LogP contribution in [0.2, 0.25) is 0 Å². The van der Waals surface area contributed by atoms with Crippen molar-refractivity contribution in [2.45, 2.75) is 77.0 Å². The summed E-state index contributed by atoms with van der Waals surface area (Å²) in [5.41, 5.74) is 1.74. The number of unbranched alkanes of at least 4 members (excludes halogenated alkanes) is 2. The number of hydrogen-bond acceptors (Lipinski definition) is 6. The zero-order chi connectivity index (χ0) is 30.6. The highest BCUT2D eigenvalue weighted by molar-refractivity contribution is 7.52. The monoisotopic (exact) mass is 607 g/mol. The van der Waals surface area contributed by atoms with Gasteiger partial charge in [-0.15, -0.1) is 0 Å². The van der Waals surface area contributed by atoms with Gasteiger partial charge >= 0.3 is 25.7 Å². The van der Waals surface area contributed by atoms with E-state index < -0.39 is 42.3 Å². The van der Waals surface area contributed by atoms with Gasteiger partial charge in [0.15, 0.2) is 6.10 Å². The first kappa shape index (κ1) is 33.4. The first-order chi connectivity index (χ1) is 20.0. The van der Waals surface area contributed by atoms with Crippen LogP contribution >= 0.6 is 7.60 Å². The SMILES string of the molecule is C[C@@H]1CCC[N+]1(C(=O)O)C(=O)[C@H](CCCCNC(=O)OCc1ccccc1)OP(=O)(O)CCCCc1ccc(F)cc1. The van der Waals surface area contributed by atoms with Gasteiger partial charge in [0.2, 0.25) is 0 Å². The van der Waals surface area contributed by atoms with E-state index in [1.54, 1.807) is 19.1 Å². The van der Waals surface area contributed by atoms with Crippen LogP contribution in [0.1, 0.15) is 63.0 Å². The van der Waals surface area contributed by atoms with Crippen LogP contribution in [0, 0.1) is 5.82 Å². The van der Waals surface area contributed by atoms with E-state index in [-0.39, 0.29) is 38.1 Å². The smallest absolute Gasteiger partial charge is 0.445 e. The van der Waals surface area contributed by atoms with Crippen molar-refractivity contribution in [1.29, 1.82) is 0 Å². The van der Waals surface area contributed by atoms with Crippen LogP contribution < -0.4 is 5.32 Å². The summed E-state index contributed by atoms with van der Waals surface area (Å²) < 4.78 is 36.0. The Morgan fingerprint density at radius 2 is 1.76 bits per heavy atom. The molecular formula is C30H41FN2O8P+. The number of carbonyl (C=O) groups is 3. The maximum absolute atomic E-state index is 13.6. The Kier molecular flexibility index (Phi) is 12.7. The van der Waals surface area contributed by atoms with Crippen molar-refractivity contribution in [2.75, 3.05) is 19.3 Å². The maximum atomic E-state index is 13.6. The second kappa shape index (κ2) is 15.9. The summed E-state index contributed by atoms with van der Waals surface area (Å²) in [4.78, 5) is 48.6. The summed E-state index contributed by atoms with van der Waals surface area (Å²) in [5, 5.41) is 12.7. The molecule has 230 valence electrons. The normalized spacial score (nSPS) is 20.4. The molecule has 2 aromatic carbocycles. The molecule has 2 aromatic rings. The van der Waals surface area contributed by atoms with Crippen LogP contribution in [0.25, 0.3) is 0 Å². The lowest BCUT2D eigenvalue weighted by Gasteiger charge is -2.33. The molecule has 12 heteroatoms. The van der Waals surface area contributed by atoms with Gasteiger partial charge in [-0.25, -0.2) is 14.0 Å². The number of alkyl carbamates (subject to hydrolysis) is 1. The molecule has 3 N–H and O–H groups in total. The molecule has 4 atom stereocenters. The Morgan fingerprint density at radius 3 is 2.40 bits per heavy atom. The van der Waals surface area contributed by atoms with Gasteiger partial charge in [-0.3, -0.25) is 9.09 Å². The molecule has 1 fully saturated rings.